The molecule has 3 aromatic rings. The zero-order chi connectivity index (χ0) is 15.7. The zero-order valence-electron chi connectivity index (χ0n) is 12.0. The number of hydrogen-bond acceptors (Lipinski definition) is 5. The van der Waals surface area contributed by atoms with Gasteiger partial charge in [0.15, 0.2) is 5.82 Å². The smallest absolute Gasteiger partial charge is 0.340 e. The number of carbonyl (C=O) groups excluding carboxylic acids is 1. The van der Waals surface area contributed by atoms with Gasteiger partial charge in [0.05, 0.1) is 30.1 Å². The Bertz CT molecular complexity index is 860. The fraction of sp³-hybridized carbons (Fsp3) is 0.133. The number of ether oxygens (including phenoxy) is 1. The van der Waals surface area contributed by atoms with Gasteiger partial charge in [-0.1, -0.05) is 11.6 Å². The van der Waals surface area contributed by atoms with Crippen molar-refractivity contribution in [1.82, 2.24) is 14.8 Å². The minimum Gasteiger partial charge on any atom is -0.465 e. The van der Waals surface area contributed by atoms with Gasteiger partial charge in [0.25, 0.3) is 0 Å². The van der Waals surface area contributed by atoms with Crippen LogP contribution in [0.5, 0.6) is 0 Å². The van der Waals surface area contributed by atoms with Gasteiger partial charge in [-0.15, -0.1) is 0 Å². The molecule has 0 saturated heterocycles. The predicted octanol–water partition coefficient (Wildman–Crippen LogP) is 3.15. The first-order valence-corrected chi connectivity index (χ1v) is 6.89. The lowest BCUT2D eigenvalue weighted by atomic mass is 10.2. The van der Waals surface area contributed by atoms with Crippen LogP contribution in [0.25, 0.3) is 10.9 Å². The molecule has 0 unspecified atom stereocenters. The van der Waals surface area contributed by atoms with E-state index in [4.69, 9.17) is 16.3 Å². The van der Waals surface area contributed by atoms with Crippen molar-refractivity contribution in [3.05, 3.63) is 47.2 Å². The first kappa shape index (κ1) is 14.3. The van der Waals surface area contributed by atoms with Gasteiger partial charge in [0.2, 0.25) is 0 Å². The third-order valence-corrected chi connectivity index (χ3v) is 3.53. The molecule has 0 saturated carbocycles. The Balaban J connectivity index is 2.08. The molecule has 1 N–H and O–H groups in total. The van der Waals surface area contributed by atoms with Crippen LogP contribution in [0.3, 0.4) is 0 Å². The number of pyridine rings is 1. The lowest BCUT2D eigenvalue weighted by Gasteiger charge is -2.08. The van der Waals surface area contributed by atoms with Gasteiger partial charge in [-0.3, -0.25) is 9.67 Å². The highest BCUT2D eigenvalue weighted by Gasteiger charge is 2.15. The number of benzene rings is 1. The summed E-state index contributed by atoms with van der Waals surface area (Å²) >= 11 is 6.06. The predicted molar refractivity (Wildman–Crippen MR) is 84.6 cm³/mol. The molecule has 22 heavy (non-hydrogen) atoms. The molecule has 2 heterocycles. The quantitative estimate of drug-likeness (QED) is 0.752. The van der Waals surface area contributed by atoms with E-state index in [9.17, 15) is 4.79 Å². The van der Waals surface area contributed by atoms with Crippen LogP contribution in [0, 0.1) is 0 Å². The third-order valence-electron chi connectivity index (χ3n) is 3.29. The van der Waals surface area contributed by atoms with Gasteiger partial charge in [0, 0.05) is 23.7 Å². The van der Waals surface area contributed by atoms with Gasteiger partial charge >= 0.3 is 5.97 Å². The molecule has 112 valence electrons. The second-order valence-electron chi connectivity index (χ2n) is 4.67. The molecule has 0 aliphatic rings. The molecular formula is C15H13ClN4O2. The highest BCUT2D eigenvalue weighted by atomic mass is 35.5. The van der Waals surface area contributed by atoms with E-state index in [1.807, 2.05) is 19.2 Å². The fourth-order valence-corrected chi connectivity index (χ4v) is 2.41. The van der Waals surface area contributed by atoms with Crippen LogP contribution in [0.2, 0.25) is 5.02 Å². The number of methoxy groups -OCH3 is 1. The summed E-state index contributed by atoms with van der Waals surface area (Å²) in [5, 5.41) is 9.01. The average molecular weight is 317 g/mol. The molecule has 0 aliphatic heterocycles. The molecule has 0 radical (unpaired) electrons. The van der Waals surface area contributed by atoms with Gasteiger partial charge in [0.1, 0.15) is 0 Å². The van der Waals surface area contributed by atoms with E-state index in [2.05, 4.69) is 15.4 Å². The maximum absolute atomic E-state index is 11.8. The van der Waals surface area contributed by atoms with Crippen molar-refractivity contribution in [1.29, 1.82) is 0 Å². The number of anilines is 2. The van der Waals surface area contributed by atoms with Gasteiger partial charge < -0.3 is 10.1 Å². The SMILES string of the molecule is COC(=O)c1ccncc1Nc1nn(C)c2ccc(Cl)cc12. The third kappa shape index (κ3) is 2.48. The Morgan fingerprint density at radius 3 is 2.95 bits per heavy atom. The molecule has 0 fully saturated rings. The Kier molecular flexibility index (Phi) is 3.68. The second-order valence-corrected chi connectivity index (χ2v) is 5.11. The number of aromatic nitrogens is 3. The van der Waals surface area contributed by atoms with E-state index in [-0.39, 0.29) is 0 Å². The summed E-state index contributed by atoms with van der Waals surface area (Å²) in [6.45, 7) is 0. The van der Waals surface area contributed by atoms with Crippen molar-refractivity contribution in [2.45, 2.75) is 0 Å². The van der Waals surface area contributed by atoms with E-state index in [1.54, 1.807) is 23.0 Å². The van der Waals surface area contributed by atoms with Crippen molar-refractivity contribution >= 4 is 40.0 Å². The molecule has 3 rings (SSSR count). The highest BCUT2D eigenvalue weighted by Crippen LogP contribution is 2.29. The number of esters is 1. The van der Waals surface area contributed by atoms with E-state index in [1.165, 1.54) is 13.3 Å². The Hall–Kier alpha value is -2.60. The molecule has 0 aliphatic carbocycles. The molecule has 6 nitrogen and oxygen atoms in total. The first-order valence-electron chi connectivity index (χ1n) is 6.52. The molecule has 0 amide bonds. The van der Waals surface area contributed by atoms with Crippen molar-refractivity contribution in [3.63, 3.8) is 0 Å². The number of aryl methyl sites for hydroxylation is 1. The molecule has 0 spiro atoms. The van der Waals surface area contributed by atoms with E-state index < -0.39 is 5.97 Å². The van der Waals surface area contributed by atoms with Crippen molar-refractivity contribution in [2.24, 2.45) is 7.05 Å². The maximum Gasteiger partial charge on any atom is 0.340 e. The monoisotopic (exact) mass is 316 g/mol. The number of carbonyl (C=O) groups is 1. The summed E-state index contributed by atoms with van der Waals surface area (Å²) in [4.78, 5) is 15.8. The molecule has 2 aromatic heterocycles. The summed E-state index contributed by atoms with van der Waals surface area (Å²) in [6.07, 6.45) is 3.09. The van der Waals surface area contributed by atoms with Crippen molar-refractivity contribution < 1.29 is 9.53 Å². The average Bonchev–Trinajstić information content (AvgIpc) is 2.82. The lowest BCUT2D eigenvalue weighted by Crippen LogP contribution is -2.06. The van der Waals surface area contributed by atoms with Crippen LogP contribution >= 0.6 is 11.6 Å². The van der Waals surface area contributed by atoms with Crippen LogP contribution in [0.4, 0.5) is 11.5 Å². The van der Waals surface area contributed by atoms with Crippen LogP contribution in [0.15, 0.2) is 36.7 Å². The maximum atomic E-state index is 11.8. The van der Waals surface area contributed by atoms with Crippen molar-refractivity contribution in [3.8, 4) is 0 Å². The van der Waals surface area contributed by atoms with Crippen LogP contribution in [0.1, 0.15) is 10.4 Å². The Morgan fingerprint density at radius 1 is 1.36 bits per heavy atom. The van der Waals surface area contributed by atoms with Crippen LogP contribution in [-0.2, 0) is 11.8 Å². The molecule has 0 atom stereocenters. The van der Waals surface area contributed by atoms with E-state index in [0.717, 1.165) is 10.9 Å². The largest absolute Gasteiger partial charge is 0.465 e. The van der Waals surface area contributed by atoms with Crippen LogP contribution in [-0.4, -0.2) is 27.8 Å². The second kappa shape index (κ2) is 5.65. The number of hydrogen-bond donors (Lipinski definition) is 1. The minimum atomic E-state index is -0.442. The van der Waals surface area contributed by atoms with E-state index in [0.29, 0.717) is 22.1 Å². The topological polar surface area (TPSA) is 69.0 Å². The summed E-state index contributed by atoms with van der Waals surface area (Å²) in [6, 6.07) is 7.10. The van der Waals surface area contributed by atoms with Crippen LogP contribution < -0.4 is 5.32 Å². The first-order chi connectivity index (χ1) is 10.6. The lowest BCUT2D eigenvalue weighted by molar-refractivity contribution is 0.0602. The standard InChI is InChI=1S/C15H13ClN4O2/c1-20-13-4-3-9(16)7-11(13)14(19-20)18-12-8-17-6-5-10(12)15(21)22-2/h3-8H,1-2H3,(H,18,19). The summed E-state index contributed by atoms with van der Waals surface area (Å²) in [7, 11) is 3.17. The number of nitrogens with one attached hydrogen (secondary N) is 1. The highest BCUT2D eigenvalue weighted by molar-refractivity contribution is 6.31. The summed E-state index contributed by atoms with van der Waals surface area (Å²) in [5.41, 5.74) is 1.84. The Labute approximate surface area is 131 Å². The van der Waals surface area contributed by atoms with Gasteiger partial charge in [-0.2, -0.15) is 5.10 Å². The summed E-state index contributed by atoms with van der Waals surface area (Å²) < 4.78 is 6.51. The number of halogens is 1. The summed E-state index contributed by atoms with van der Waals surface area (Å²) in [5.74, 6) is 0.154. The normalized spacial score (nSPS) is 10.7. The zero-order valence-corrected chi connectivity index (χ0v) is 12.8. The molecule has 0 bridgehead atoms. The minimum absolute atomic E-state index is 0.387. The molecule has 1 aromatic carbocycles. The van der Waals surface area contributed by atoms with Gasteiger partial charge in [-0.25, -0.2) is 4.79 Å². The van der Waals surface area contributed by atoms with Gasteiger partial charge in [-0.05, 0) is 24.3 Å². The number of nitrogens with zero attached hydrogens (tertiary/aromatic N) is 3. The molecule has 7 heteroatoms. The number of fused-ring (bicyclic) bond motifs is 1. The number of rotatable bonds is 3. The van der Waals surface area contributed by atoms with Crippen molar-refractivity contribution in [2.75, 3.05) is 12.4 Å². The molecular weight excluding hydrogens is 304 g/mol. The van der Waals surface area contributed by atoms with E-state index >= 15 is 0 Å². The Morgan fingerprint density at radius 2 is 2.18 bits per heavy atom. The fourth-order valence-electron chi connectivity index (χ4n) is 2.24.